The molecule has 1 aromatic heterocycles. The van der Waals surface area contributed by atoms with Crippen molar-refractivity contribution in [3.8, 4) is 0 Å². The summed E-state index contributed by atoms with van der Waals surface area (Å²) in [6.45, 7) is 3.94. The smallest absolute Gasteiger partial charge is 0.340 e. The van der Waals surface area contributed by atoms with Gasteiger partial charge in [0.25, 0.3) is 0 Å². The quantitative estimate of drug-likeness (QED) is 0.143. The van der Waals surface area contributed by atoms with Crippen molar-refractivity contribution in [1.82, 2.24) is 9.47 Å². The Bertz CT molecular complexity index is 1410. The SMILES string of the molecule is CCOC(=O)c1cn(C[C@@H]2CN2C(c2ccccc2)(c2ccccc2)c2ccccc2)c2ccccc12. The number of nitrogens with zero attached hydrogens (tertiary/aromatic N) is 2. The Morgan fingerprint density at radius 1 is 0.784 bits per heavy atom. The predicted octanol–water partition coefficient (Wildman–Crippen LogP) is 6.49. The fraction of sp³-hybridized carbons (Fsp3) is 0.182. The zero-order valence-corrected chi connectivity index (χ0v) is 21.0. The summed E-state index contributed by atoms with van der Waals surface area (Å²) in [6, 6.07) is 40.8. The second-order valence-corrected chi connectivity index (χ2v) is 9.55. The molecule has 0 spiro atoms. The zero-order chi connectivity index (χ0) is 25.2. The van der Waals surface area contributed by atoms with Crippen LogP contribution in [0.3, 0.4) is 0 Å². The van der Waals surface area contributed by atoms with Crippen LogP contribution in [-0.2, 0) is 16.8 Å². The minimum absolute atomic E-state index is 0.266. The molecule has 4 nitrogen and oxygen atoms in total. The van der Waals surface area contributed by atoms with E-state index in [0.29, 0.717) is 18.2 Å². The fourth-order valence-corrected chi connectivity index (χ4v) is 5.78. The molecule has 0 bridgehead atoms. The van der Waals surface area contributed by atoms with Crippen LogP contribution < -0.4 is 0 Å². The zero-order valence-electron chi connectivity index (χ0n) is 21.0. The first-order chi connectivity index (χ1) is 18.2. The van der Waals surface area contributed by atoms with E-state index < -0.39 is 5.54 Å². The van der Waals surface area contributed by atoms with E-state index in [1.165, 1.54) is 16.7 Å². The largest absolute Gasteiger partial charge is 0.462 e. The summed E-state index contributed by atoms with van der Waals surface area (Å²) in [5.41, 5.74) is 5.02. The molecular formula is C33H30N2O2. The Balaban J connectivity index is 1.44. The van der Waals surface area contributed by atoms with Gasteiger partial charge in [-0.1, -0.05) is 109 Å². The molecule has 0 saturated carbocycles. The molecular weight excluding hydrogens is 456 g/mol. The van der Waals surface area contributed by atoms with Gasteiger partial charge in [0.05, 0.1) is 17.7 Å². The Hall–Kier alpha value is -4.15. The van der Waals surface area contributed by atoms with Gasteiger partial charge in [-0.3, -0.25) is 4.90 Å². The molecule has 6 rings (SSSR count). The van der Waals surface area contributed by atoms with Gasteiger partial charge < -0.3 is 9.30 Å². The van der Waals surface area contributed by atoms with E-state index in [9.17, 15) is 4.79 Å². The first-order valence-corrected chi connectivity index (χ1v) is 12.9. The summed E-state index contributed by atoms with van der Waals surface area (Å²) >= 11 is 0. The molecule has 2 atom stereocenters. The molecule has 0 amide bonds. The van der Waals surface area contributed by atoms with Gasteiger partial charge in [0, 0.05) is 36.2 Å². The lowest BCUT2D eigenvalue weighted by Crippen LogP contribution is -2.39. The van der Waals surface area contributed by atoms with Crippen molar-refractivity contribution in [2.24, 2.45) is 0 Å². The highest BCUT2D eigenvalue weighted by molar-refractivity contribution is 6.04. The number of aromatic nitrogens is 1. The maximum atomic E-state index is 12.7. The van der Waals surface area contributed by atoms with Crippen LogP contribution in [-0.4, -0.2) is 34.6 Å². The topological polar surface area (TPSA) is 34.2 Å². The second-order valence-electron chi connectivity index (χ2n) is 9.55. The van der Waals surface area contributed by atoms with Crippen molar-refractivity contribution in [2.45, 2.75) is 25.0 Å². The standard InChI is InChI=1S/C33H30N2O2/c1-2-37-32(36)30-24-34(31-21-13-12-20-29(30)31)22-28-23-35(28)33(25-14-6-3-7-15-25,26-16-8-4-9-17-26)27-18-10-5-11-19-27/h3-21,24,28H,2,22-23H2,1H3/t28-,35?/m1/s1. The maximum absolute atomic E-state index is 12.7. The first kappa shape index (κ1) is 23.3. The number of esters is 1. The highest BCUT2D eigenvalue weighted by Crippen LogP contribution is 2.48. The van der Waals surface area contributed by atoms with Gasteiger partial charge in [0.1, 0.15) is 0 Å². The summed E-state index contributed by atoms with van der Waals surface area (Å²) in [5.74, 6) is -0.266. The minimum Gasteiger partial charge on any atom is -0.462 e. The van der Waals surface area contributed by atoms with E-state index in [2.05, 4.69) is 107 Å². The second kappa shape index (κ2) is 9.72. The molecule has 1 aliphatic rings. The van der Waals surface area contributed by atoms with Gasteiger partial charge in [-0.15, -0.1) is 0 Å². The van der Waals surface area contributed by atoms with E-state index in [4.69, 9.17) is 4.74 Å². The third-order valence-electron chi connectivity index (χ3n) is 7.41. The molecule has 1 fully saturated rings. The van der Waals surface area contributed by atoms with Gasteiger partial charge in [0.2, 0.25) is 0 Å². The molecule has 2 heterocycles. The summed E-state index contributed by atoms with van der Waals surface area (Å²) in [7, 11) is 0. The molecule has 1 saturated heterocycles. The Morgan fingerprint density at radius 3 is 1.84 bits per heavy atom. The number of fused-ring (bicyclic) bond motifs is 1. The molecule has 1 unspecified atom stereocenters. The van der Waals surface area contributed by atoms with Crippen molar-refractivity contribution in [3.63, 3.8) is 0 Å². The van der Waals surface area contributed by atoms with E-state index in [1.807, 2.05) is 31.3 Å². The van der Waals surface area contributed by atoms with Crippen LogP contribution in [0.2, 0.25) is 0 Å². The van der Waals surface area contributed by atoms with Crippen molar-refractivity contribution in [2.75, 3.05) is 13.2 Å². The van der Waals surface area contributed by atoms with Crippen LogP contribution in [0, 0.1) is 0 Å². The Labute approximate surface area is 217 Å². The molecule has 0 aliphatic carbocycles. The number of benzene rings is 4. The third kappa shape index (κ3) is 4.04. The minimum atomic E-state index is -0.415. The lowest BCUT2D eigenvalue weighted by molar-refractivity contribution is 0.0528. The number of carbonyl (C=O) groups is 1. The number of hydrogen-bond acceptors (Lipinski definition) is 3. The van der Waals surface area contributed by atoms with Crippen LogP contribution in [0.1, 0.15) is 34.0 Å². The summed E-state index contributed by atoms with van der Waals surface area (Å²) in [4.78, 5) is 15.3. The molecule has 5 aromatic rings. The first-order valence-electron chi connectivity index (χ1n) is 12.9. The number of carbonyl (C=O) groups excluding carboxylic acids is 1. The van der Waals surface area contributed by atoms with E-state index in [1.54, 1.807) is 0 Å². The lowest BCUT2D eigenvalue weighted by atomic mass is 9.76. The number of ether oxygens (including phenoxy) is 1. The number of rotatable bonds is 8. The summed E-state index contributed by atoms with van der Waals surface area (Å²) < 4.78 is 7.58. The van der Waals surface area contributed by atoms with Crippen LogP contribution in [0.15, 0.2) is 121 Å². The molecule has 4 heteroatoms. The summed E-state index contributed by atoms with van der Waals surface area (Å²) in [6.07, 6.45) is 1.97. The average Bonchev–Trinajstić information content (AvgIpc) is 3.62. The van der Waals surface area contributed by atoms with Crippen molar-refractivity contribution >= 4 is 16.9 Å². The number of para-hydroxylation sites is 1. The Morgan fingerprint density at radius 2 is 1.30 bits per heavy atom. The van der Waals surface area contributed by atoms with Crippen LogP contribution in [0.25, 0.3) is 10.9 Å². The Kier molecular flexibility index (Phi) is 6.11. The molecule has 0 N–H and O–H groups in total. The van der Waals surface area contributed by atoms with Gasteiger partial charge >= 0.3 is 5.97 Å². The van der Waals surface area contributed by atoms with Gasteiger partial charge in [0.15, 0.2) is 0 Å². The van der Waals surface area contributed by atoms with Crippen molar-refractivity contribution in [3.05, 3.63) is 144 Å². The molecule has 0 radical (unpaired) electrons. The highest BCUT2D eigenvalue weighted by atomic mass is 16.5. The molecule has 184 valence electrons. The van der Waals surface area contributed by atoms with Gasteiger partial charge in [-0.25, -0.2) is 4.79 Å². The van der Waals surface area contributed by atoms with Crippen molar-refractivity contribution < 1.29 is 9.53 Å². The molecule has 1 aliphatic heterocycles. The van der Waals surface area contributed by atoms with Crippen LogP contribution in [0.5, 0.6) is 0 Å². The normalized spacial score (nSPS) is 17.0. The van der Waals surface area contributed by atoms with E-state index >= 15 is 0 Å². The average molecular weight is 487 g/mol. The molecule has 4 aromatic carbocycles. The highest BCUT2D eigenvalue weighted by Gasteiger charge is 2.53. The van der Waals surface area contributed by atoms with E-state index in [-0.39, 0.29) is 5.97 Å². The van der Waals surface area contributed by atoms with Crippen LogP contribution >= 0.6 is 0 Å². The monoisotopic (exact) mass is 486 g/mol. The van der Waals surface area contributed by atoms with Crippen molar-refractivity contribution in [1.29, 1.82) is 0 Å². The molecule has 37 heavy (non-hydrogen) atoms. The van der Waals surface area contributed by atoms with Gasteiger partial charge in [-0.05, 0) is 29.7 Å². The van der Waals surface area contributed by atoms with E-state index in [0.717, 1.165) is 24.0 Å². The maximum Gasteiger partial charge on any atom is 0.340 e. The predicted molar refractivity (Wildman–Crippen MR) is 148 cm³/mol. The van der Waals surface area contributed by atoms with Gasteiger partial charge in [-0.2, -0.15) is 0 Å². The lowest BCUT2D eigenvalue weighted by Gasteiger charge is -2.38. The summed E-state index contributed by atoms with van der Waals surface area (Å²) in [5, 5.41) is 0.939. The fourth-order valence-electron chi connectivity index (χ4n) is 5.78. The third-order valence-corrected chi connectivity index (χ3v) is 7.41. The van der Waals surface area contributed by atoms with Crippen LogP contribution in [0.4, 0.5) is 0 Å². The number of hydrogen-bond donors (Lipinski definition) is 0.